The second-order valence-corrected chi connectivity index (χ2v) is 5.50. The summed E-state index contributed by atoms with van der Waals surface area (Å²) in [5.74, 6) is -1.60. The fraction of sp³-hybridized carbons (Fsp3) is 0.429. The van der Waals surface area contributed by atoms with Crippen LogP contribution in [-0.2, 0) is 11.3 Å². The number of hydrogen-bond acceptors (Lipinski definition) is 3. The minimum Gasteiger partial charge on any atom is -0.481 e. The van der Waals surface area contributed by atoms with Gasteiger partial charge in [0.25, 0.3) is 0 Å². The largest absolute Gasteiger partial charge is 0.481 e. The lowest BCUT2D eigenvalue weighted by molar-refractivity contribution is -0.141. The topological polar surface area (TPSA) is 78.9 Å². The van der Waals surface area contributed by atoms with Crippen molar-refractivity contribution in [2.45, 2.75) is 19.6 Å². The molecule has 1 saturated heterocycles. The SMILES string of the molecule is O=C(O)C1CCN(C(=O)NCc2cc(Cl)ccc2OC(F)F)C1. The third kappa shape index (κ3) is 4.69. The highest BCUT2D eigenvalue weighted by molar-refractivity contribution is 6.30. The standard InChI is InChI=1S/C14H15ClF2N2O4/c15-10-1-2-11(23-13(16)17)9(5-10)6-18-14(22)19-4-3-8(7-19)12(20)21/h1-2,5,8,13H,3-4,6-7H2,(H,18,22)(H,20,21). The molecule has 2 N–H and O–H groups in total. The third-order valence-electron chi connectivity index (χ3n) is 3.49. The van der Waals surface area contributed by atoms with Crippen molar-refractivity contribution in [3.05, 3.63) is 28.8 Å². The van der Waals surface area contributed by atoms with Gasteiger partial charge in [0.15, 0.2) is 0 Å². The summed E-state index contributed by atoms with van der Waals surface area (Å²) in [5.41, 5.74) is 0.306. The molecule has 1 fully saturated rings. The number of hydrogen-bond donors (Lipinski definition) is 2. The molecule has 0 aliphatic carbocycles. The molecule has 0 radical (unpaired) electrons. The summed E-state index contributed by atoms with van der Waals surface area (Å²) in [5, 5.41) is 11.8. The van der Waals surface area contributed by atoms with Crippen LogP contribution >= 0.6 is 11.6 Å². The van der Waals surface area contributed by atoms with Gasteiger partial charge in [0.2, 0.25) is 0 Å². The molecular formula is C14H15ClF2N2O4. The summed E-state index contributed by atoms with van der Waals surface area (Å²) in [6.45, 7) is -2.59. The van der Waals surface area contributed by atoms with Crippen LogP contribution in [0, 0.1) is 5.92 Å². The van der Waals surface area contributed by atoms with Gasteiger partial charge >= 0.3 is 18.6 Å². The summed E-state index contributed by atoms with van der Waals surface area (Å²) in [4.78, 5) is 24.3. The van der Waals surface area contributed by atoms with Gasteiger partial charge in [-0.15, -0.1) is 0 Å². The van der Waals surface area contributed by atoms with Gasteiger partial charge in [-0.3, -0.25) is 4.79 Å². The first-order valence-electron chi connectivity index (χ1n) is 6.85. The van der Waals surface area contributed by atoms with Crippen molar-refractivity contribution >= 4 is 23.6 Å². The molecule has 6 nitrogen and oxygen atoms in total. The van der Waals surface area contributed by atoms with E-state index in [1.807, 2.05) is 0 Å². The number of carbonyl (C=O) groups excluding carboxylic acids is 1. The van der Waals surface area contributed by atoms with Gasteiger partial charge < -0.3 is 20.1 Å². The van der Waals surface area contributed by atoms with Crippen molar-refractivity contribution in [3.8, 4) is 5.75 Å². The van der Waals surface area contributed by atoms with Gasteiger partial charge in [0.1, 0.15) is 5.75 Å². The van der Waals surface area contributed by atoms with Crippen LogP contribution in [0.1, 0.15) is 12.0 Å². The van der Waals surface area contributed by atoms with E-state index in [1.165, 1.54) is 23.1 Å². The Bertz CT molecular complexity index is 600. The lowest BCUT2D eigenvalue weighted by atomic mass is 10.1. The Balaban J connectivity index is 1.96. The second kappa shape index (κ2) is 7.45. The van der Waals surface area contributed by atoms with Gasteiger partial charge in [-0.2, -0.15) is 8.78 Å². The molecule has 126 valence electrons. The Kier molecular flexibility index (Phi) is 5.59. The third-order valence-corrected chi connectivity index (χ3v) is 3.73. The molecule has 1 heterocycles. The molecule has 1 aromatic rings. The number of amides is 2. The van der Waals surface area contributed by atoms with E-state index in [2.05, 4.69) is 10.1 Å². The maximum Gasteiger partial charge on any atom is 0.387 e. The van der Waals surface area contributed by atoms with Crippen molar-refractivity contribution < 1.29 is 28.2 Å². The lowest BCUT2D eigenvalue weighted by Gasteiger charge is -2.18. The number of benzene rings is 1. The van der Waals surface area contributed by atoms with Crippen molar-refractivity contribution in [2.24, 2.45) is 5.92 Å². The van der Waals surface area contributed by atoms with Crippen LogP contribution in [0.4, 0.5) is 13.6 Å². The van der Waals surface area contributed by atoms with Gasteiger partial charge in [-0.1, -0.05) is 11.6 Å². The van der Waals surface area contributed by atoms with Crippen LogP contribution in [-0.4, -0.2) is 41.7 Å². The van der Waals surface area contributed by atoms with Crippen LogP contribution in [0.25, 0.3) is 0 Å². The number of nitrogens with one attached hydrogen (secondary N) is 1. The van der Waals surface area contributed by atoms with E-state index in [-0.39, 0.29) is 18.8 Å². The number of carboxylic acids is 1. The number of carbonyl (C=O) groups is 2. The smallest absolute Gasteiger partial charge is 0.387 e. The zero-order valence-corrected chi connectivity index (χ0v) is 12.7. The van der Waals surface area contributed by atoms with Crippen LogP contribution < -0.4 is 10.1 Å². The van der Waals surface area contributed by atoms with E-state index in [9.17, 15) is 18.4 Å². The van der Waals surface area contributed by atoms with Crippen molar-refractivity contribution in [3.63, 3.8) is 0 Å². The number of nitrogens with zero attached hydrogens (tertiary/aromatic N) is 1. The van der Waals surface area contributed by atoms with Gasteiger partial charge in [-0.05, 0) is 24.6 Å². The van der Waals surface area contributed by atoms with Crippen LogP contribution in [0.15, 0.2) is 18.2 Å². The van der Waals surface area contributed by atoms with E-state index >= 15 is 0 Å². The summed E-state index contributed by atoms with van der Waals surface area (Å²) in [6.07, 6.45) is 0.389. The summed E-state index contributed by atoms with van der Waals surface area (Å²) in [7, 11) is 0. The number of rotatable bonds is 5. The highest BCUT2D eigenvalue weighted by Crippen LogP contribution is 2.24. The Labute approximate surface area is 136 Å². The molecule has 23 heavy (non-hydrogen) atoms. The average Bonchev–Trinajstić information content (AvgIpc) is 2.97. The van der Waals surface area contributed by atoms with E-state index in [0.29, 0.717) is 23.6 Å². The Hall–Kier alpha value is -2.09. The zero-order chi connectivity index (χ0) is 17.0. The quantitative estimate of drug-likeness (QED) is 0.857. The highest BCUT2D eigenvalue weighted by Gasteiger charge is 2.30. The first-order chi connectivity index (χ1) is 10.9. The Morgan fingerprint density at radius 3 is 2.83 bits per heavy atom. The summed E-state index contributed by atoms with van der Waals surface area (Å²) >= 11 is 5.82. The molecule has 0 bridgehead atoms. The van der Waals surface area contributed by atoms with Gasteiger partial charge in [-0.25, -0.2) is 4.79 Å². The molecule has 1 unspecified atom stereocenters. The monoisotopic (exact) mass is 348 g/mol. The normalized spacial score (nSPS) is 17.4. The minimum absolute atomic E-state index is 0.0598. The predicted octanol–water partition coefficient (Wildman–Crippen LogP) is 2.56. The number of likely N-dealkylation sites (tertiary alicyclic amines) is 1. The zero-order valence-electron chi connectivity index (χ0n) is 12.0. The average molecular weight is 349 g/mol. The second-order valence-electron chi connectivity index (χ2n) is 5.06. The first-order valence-corrected chi connectivity index (χ1v) is 7.23. The van der Waals surface area contributed by atoms with Gasteiger partial charge in [0, 0.05) is 30.2 Å². The maximum absolute atomic E-state index is 12.4. The number of aliphatic carboxylic acids is 1. The molecule has 9 heteroatoms. The molecule has 1 aromatic carbocycles. The lowest BCUT2D eigenvalue weighted by Crippen LogP contribution is -2.38. The van der Waals surface area contributed by atoms with Crippen LogP contribution in [0.2, 0.25) is 5.02 Å². The first kappa shape index (κ1) is 17.3. The summed E-state index contributed by atoms with van der Waals surface area (Å²) in [6, 6.07) is 3.66. The molecule has 1 aliphatic rings. The van der Waals surface area contributed by atoms with E-state index in [1.54, 1.807) is 0 Å². The fourth-order valence-corrected chi connectivity index (χ4v) is 2.52. The van der Waals surface area contributed by atoms with Gasteiger partial charge in [0.05, 0.1) is 5.92 Å². The number of carboxylic acid groups (broad SMARTS) is 1. The van der Waals surface area contributed by atoms with Crippen LogP contribution in [0.3, 0.4) is 0 Å². The molecule has 1 atom stereocenters. The van der Waals surface area contributed by atoms with Crippen molar-refractivity contribution in [1.82, 2.24) is 10.2 Å². The molecule has 0 spiro atoms. The van der Waals surface area contributed by atoms with Crippen molar-refractivity contribution in [2.75, 3.05) is 13.1 Å². The van der Waals surface area contributed by atoms with E-state index < -0.39 is 24.5 Å². The molecule has 2 rings (SSSR count). The van der Waals surface area contributed by atoms with Crippen LogP contribution in [0.5, 0.6) is 5.75 Å². The molecular weight excluding hydrogens is 334 g/mol. The maximum atomic E-state index is 12.4. The number of alkyl halides is 2. The number of halogens is 3. The Morgan fingerprint density at radius 1 is 1.48 bits per heavy atom. The molecule has 0 aromatic heterocycles. The Morgan fingerprint density at radius 2 is 2.22 bits per heavy atom. The molecule has 1 aliphatic heterocycles. The highest BCUT2D eigenvalue weighted by atomic mass is 35.5. The van der Waals surface area contributed by atoms with Crippen molar-refractivity contribution in [1.29, 1.82) is 0 Å². The predicted molar refractivity (Wildman–Crippen MR) is 77.6 cm³/mol. The molecule has 0 saturated carbocycles. The van der Waals surface area contributed by atoms with E-state index in [4.69, 9.17) is 16.7 Å². The minimum atomic E-state index is -2.99. The number of ether oxygens (including phenoxy) is 1. The number of urea groups is 1. The summed E-state index contributed by atoms with van der Waals surface area (Å²) < 4.78 is 29.1. The fourth-order valence-electron chi connectivity index (χ4n) is 2.33. The van der Waals surface area contributed by atoms with E-state index in [0.717, 1.165) is 0 Å². The molecule has 2 amide bonds.